The van der Waals surface area contributed by atoms with Crippen LogP contribution in [0.1, 0.15) is 0 Å². The zero-order valence-corrected chi connectivity index (χ0v) is 22.1. The lowest BCUT2D eigenvalue weighted by atomic mass is 9.96. The monoisotopic (exact) mass is 556 g/mol. The highest BCUT2D eigenvalue weighted by Crippen LogP contribution is 2.45. The highest BCUT2D eigenvalue weighted by atomic mass is 32.2. The number of halogens is 2. The predicted octanol–water partition coefficient (Wildman–Crippen LogP) is 9.69. The summed E-state index contributed by atoms with van der Waals surface area (Å²) in [4.78, 5) is 31.2. The number of benzene rings is 6. The molecule has 6 aromatic carbocycles. The van der Waals surface area contributed by atoms with Crippen LogP contribution in [0.5, 0.6) is 0 Å². The van der Waals surface area contributed by atoms with Crippen LogP contribution in [0.25, 0.3) is 43.8 Å². The lowest BCUT2D eigenvalue weighted by Crippen LogP contribution is -1.90. The fraction of sp³-hybridized carbons (Fsp3) is 0. The van der Waals surface area contributed by atoms with Gasteiger partial charge in [0.05, 0.1) is 11.4 Å². The maximum atomic E-state index is 14.9. The highest BCUT2D eigenvalue weighted by molar-refractivity contribution is 7.99. The van der Waals surface area contributed by atoms with Crippen LogP contribution in [0.15, 0.2) is 129 Å². The zero-order chi connectivity index (χ0) is 28.3. The Kier molecular flexibility index (Phi) is 7.07. The van der Waals surface area contributed by atoms with E-state index in [-0.39, 0.29) is 22.1 Å². The zero-order valence-electron chi connectivity index (χ0n) is 21.3. The van der Waals surface area contributed by atoms with Crippen molar-refractivity contribution in [1.29, 1.82) is 0 Å². The van der Waals surface area contributed by atoms with Gasteiger partial charge < -0.3 is 0 Å². The van der Waals surface area contributed by atoms with Crippen LogP contribution < -0.4 is 0 Å². The topological polar surface area (TPSA) is 58.9 Å². The number of carbonyl (C=O) groups excluding carboxylic acids is 2. The quantitative estimate of drug-likeness (QED) is 0.152. The average molecular weight is 557 g/mol. The Labute approximate surface area is 237 Å². The van der Waals surface area contributed by atoms with E-state index in [0.717, 1.165) is 32.0 Å². The lowest BCUT2D eigenvalue weighted by Gasteiger charge is -2.16. The summed E-state index contributed by atoms with van der Waals surface area (Å²) in [5.74, 6) is -0.953. The van der Waals surface area contributed by atoms with E-state index in [4.69, 9.17) is 0 Å². The molecule has 0 N–H and O–H groups in total. The van der Waals surface area contributed by atoms with Crippen LogP contribution in [-0.2, 0) is 9.59 Å². The molecule has 0 aromatic heterocycles. The van der Waals surface area contributed by atoms with Crippen LogP contribution in [0.4, 0.5) is 20.2 Å². The first kappa shape index (κ1) is 26.1. The van der Waals surface area contributed by atoms with Crippen LogP contribution in [0, 0.1) is 11.6 Å². The van der Waals surface area contributed by atoms with Gasteiger partial charge >= 0.3 is 0 Å². The normalized spacial score (nSPS) is 10.8. The fourth-order valence-corrected chi connectivity index (χ4v) is 6.22. The van der Waals surface area contributed by atoms with Crippen molar-refractivity contribution in [2.75, 3.05) is 0 Å². The Morgan fingerprint density at radius 3 is 1.37 bits per heavy atom. The summed E-state index contributed by atoms with van der Waals surface area (Å²) in [6, 6.07) is 32.0. The molecule has 4 nitrogen and oxygen atoms in total. The minimum absolute atomic E-state index is 0.216. The van der Waals surface area contributed by atoms with E-state index in [9.17, 15) is 18.4 Å². The third kappa shape index (κ3) is 4.75. The first-order valence-electron chi connectivity index (χ1n) is 12.6. The van der Waals surface area contributed by atoms with Gasteiger partial charge in [0.25, 0.3) is 0 Å². The molecule has 0 spiro atoms. The highest BCUT2D eigenvalue weighted by Gasteiger charge is 2.17. The Morgan fingerprint density at radius 1 is 0.488 bits per heavy atom. The van der Waals surface area contributed by atoms with E-state index in [2.05, 4.69) is 9.98 Å². The summed E-state index contributed by atoms with van der Waals surface area (Å²) >= 11 is 1.53. The maximum Gasteiger partial charge on any atom is 0.240 e. The second-order valence-corrected chi connectivity index (χ2v) is 10.2. The molecule has 0 unspecified atom stereocenters. The van der Waals surface area contributed by atoms with E-state index < -0.39 is 11.6 Å². The molecule has 0 fully saturated rings. The van der Waals surface area contributed by atoms with Crippen molar-refractivity contribution in [2.24, 2.45) is 9.98 Å². The van der Waals surface area contributed by atoms with Gasteiger partial charge in [-0.1, -0.05) is 84.6 Å². The second-order valence-electron chi connectivity index (χ2n) is 9.09. The Morgan fingerprint density at radius 2 is 0.927 bits per heavy atom. The molecule has 196 valence electrons. The SMILES string of the molecule is O=C=Nc1ccc(-c2ccccc2Sc2ccccc2-c2ccc(N=C=O)c3c(F)cccc23)c2cccc(F)c12. The molecule has 0 aliphatic rings. The smallest absolute Gasteiger partial charge is 0.211 e. The van der Waals surface area contributed by atoms with Crippen molar-refractivity contribution < 1.29 is 18.4 Å². The number of hydrogen-bond donors (Lipinski definition) is 0. The molecule has 6 rings (SSSR count). The predicted molar refractivity (Wildman–Crippen MR) is 158 cm³/mol. The number of fused-ring (bicyclic) bond motifs is 2. The van der Waals surface area contributed by atoms with Crippen LogP contribution >= 0.6 is 11.8 Å². The number of isocyanates is 2. The Hall–Kier alpha value is -5.19. The first-order chi connectivity index (χ1) is 20.1. The minimum atomic E-state index is -0.477. The van der Waals surface area contributed by atoms with Crippen LogP contribution in [-0.4, -0.2) is 12.2 Å². The summed E-state index contributed by atoms with van der Waals surface area (Å²) in [5, 5.41) is 1.74. The summed E-state index contributed by atoms with van der Waals surface area (Å²) < 4.78 is 29.9. The van der Waals surface area contributed by atoms with Crippen molar-refractivity contribution >= 4 is 56.8 Å². The summed E-state index contributed by atoms with van der Waals surface area (Å²) in [7, 11) is 0. The second kappa shape index (κ2) is 11.1. The maximum absolute atomic E-state index is 14.9. The van der Waals surface area contributed by atoms with E-state index in [1.165, 1.54) is 36.1 Å². The van der Waals surface area contributed by atoms with Gasteiger partial charge in [-0.2, -0.15) is 9.98 Å². The standard InChI is InChI=1S/C34H18F2N2O2S/c35-27-11-5-9-25-21(15-17-29(33(25)27)37-19-39)23-7-1-3-13-31(23)41-32-14-4-2-8-24(32)22-16-18-30(38-20-40)34-26(22)10-6-12-28(34)36/h1-18H. The van der Waals surface area contributed by atoms with E-state index in [1.54, 1.807) is 36.4 Å². The molecule has 41 heavy (non-hydrogen) atoms. The van der Waals surface area contributed by atoms with Gasteiger partial charge in [0.2, 0.25) is 12.2 Å². The molecule has 0 atom stereocenters. The van der Waals surface area contributed by atoms with Crippen molar-refractivity contribution in [3.05, 3.63) is 121 Å². The van der Waals surface area contributed by atoms with Gasteiger partial charge in [-0.25, -0.2) is 18.4 Å². The van der Waals surface area contributed by atoms with Crippen molar-refractivity contribution in [1.82, 2.24) is 0 Å². The van der Waals surface area contributed by atoms with E-state index >= 15 is 0 Å². The van der Waals surface area contributed by atoms with Gasteiger partial charge in [-0.15, -0.1) is 0 Å². The van der Waals surface area contributed by atoms with Crippen molar-refractivity contribution in [2.45, 2.75) is 9.79 Å². The van der Waals surface area contributed by atoms with E-state index in [1.807, 2.05) is 60.7 Å². The third-order valence-electron chi connectivity index (χ3n) is 6.84. The number of nitrogens with zero attached hydrogens (tertiary/aromatic N) is 2. The molecular formula is C34H18F2N2O2S. The van der Waals surface area contributed by atoms with Crippen LogP contribution in [0.2, 0.25) is 0 Å². The minimum Gasteiger partial charge on any atom is -0.211 e. The molecule has 0 radical (unpaired) electrons. The molecule has 0 heterocycles. The Balaban J connectivity index is 1.52. The molecule has 0 bridgehead atoms. The van der Waals surface area contributed by atoms with Crippen LogP contribution in [0.3, 0.4) is 0 Å². The summed E-state index contributed by atoms with van der Waals surface area (Å²) in [6.45, 7) is 0. The molecule has 0 saturated carbocycles. The molecule has 0 saturated heterocycles. The largest absolute Gasteiger partial charge is 0.240 e. The molecular weight excluding hydrogens is 538 g/mol. The third-order valence-corrected chi connectivity index (χ3v) is 7.99. The van der Waals surface area contributed by atoms with Gasteiger partial charge in [0, 0.05) is 20.6 Å². The van der Waals surface area contributed by atoms with Gasteiger partial charge in [0.1, 0.15) is 11.6 Å². The van der Waals surface area contributed by atoms with Crippen molar-refractivity contribution in [3.8, 4) is 22.3 Å². The molecule has 0 amide bonds. The number of hydrogen-bond acceptors (Lipinski definition) is 5. The number of rotatable bonds is 6. The first-order valence-corrected chi connectivity index (χ1v) is 13.4. The van der Waals surface area contributed by atoms with Crippen molar-refractivity contribution in [3.63, 3.8) is 0 Å². The molecule has 6 aromatic rings. The average Bonchev–Trinajstić information content (AvgIpc) is 2.99. The Bertz CT molecular complexity index is 1930. The molecule has 0 aliphatic carbocycles. The van der Waals surface area contributed by atoms with Gasteiger partial charge in [-0.3, -0.25) is 0 Å². The lowest BCUT2D eigenvalue weighted by molar-refractivity contribution is 0.564. The van der Waals surface area contributed by atoms with Gasteiger partial charge in [-0.05, 0) is 69.4 Å². The fourth-order valence-electron chi connectivity index (χ4n) is 5.12. The van der Waals surface area contributed by atoms with E-state index in [0.29, 0.717) is 10.8 Å². The van der Waals surface area contributed by atoms with Gasteiger partial charge in [0.15, 0.2) is 0 Å². The summed E-state index contributed by atoms with van der Waals surface area (Å²) in [5.41, 5.74) is 3.75. The molecule has 0 aliphatic heterocycles. The summed E-state index contributed by atoms with van der Waals surface area (Å²) in [6.07, 6.45) is 3.02. The molecule has 7 heteroatoms. The number of aliphatic imine (C=N–C) groups is 2.